The van der Waals surface area contributed by atoms with Crippen molar-refractivity contribution in [1.29, 1.82) is 0 Å². The summed E-state index contributed by atoms with van der Waals surface area (Å²) >= 11 is 0. The number of carbonyl (C=O) groups is 2. The van der Waals surface area contributed by atoms with Crippen LogP contribution in [0.1, 0.15) is 15.9 Å². The molecule has 0 radical (unpaired) electrons. The first-order valence-corrected chi connectivity index (χ1v) is 7.57. The molecule has 2 aromatic rings. The minimum absolute atomic E-state index is 0.0329. The highest BCUT2D eigenvalue weighted by Gasteiger charge is 2.28. The fourth-order valence-corrected chi connectivity index (χ4v) is 2.66. The van der Waals surface area contributed by atoms with E-state index in [1.54, 1.807) is 4.90 Å². The summed E-state index contributed by atoms with van der Waals surface area (Å²) in [6.45, 7) is 2.56. The van der Waals surface area contributed by atoms with Gasteiger partial charge in [0.05, 0.1) is 0 Å². The normalized spacial score (nSPS) is 14.9. The van der Waals surface area contributed by atoms with Crippen molar-refractivity contribution in [3.63, 3.8) is 0 Å². The fourth-order valence-electron chi connectivity index (χ4n) is 2.66. The molecule has 1 saturated heterocycles. The van der Waals surface area contributed by atoms with E-state index in [-0.39, 0.29) is 18.0 Å². The second-order valence-corrected chi connectivity index (χ2v) is 5.74. The van der Waals surface area contributed by atoms with Crippen LogP contribution in [0.5, 0.6) is 0 Å². The Morgan fingerprint density at radius 3 is 2.33 bits per heavy atom. The van der Waals surface area contributed by atoms with E-state index in [2.05, 4.69) is 0 Å². The smallest absolute Gasteiger partial charge is 0.254 e. The Hall–Kier alpha value is -2.76. The molecule has 0 bridgehead atoms. The van der Waals surface area contributed by atoms with Crippen molar-refractivity contribution in [3.05, 3.63) is 65.2 Å². The van der Waals surface area contributed by atoms with Gasteiger partial charge in [-0.3, -0.25) is 9.59 Å². The lowest BCUT2D eigenvalue weighted by Gasteiger charge is -2.34. The van der Waals surface area contributed by atoms with E-state index in [0.29, 0.717) is 13.1 Å². The van der Waals surface area contributed by atoms with Crippen LogP contribution in [-0.4, -0.2) is 36.3 Å². The zero-order valence-electron chi connectivity index (χ0n) is 13.1. The van der Waals surface area contributed by atoms with Crippen molar-refractivity contribution >= 4 is 17.5 Å². The molecule has 24 heavy (non-hydrogen) atoms. The summed E-state index contributed by atoms with van der Waals surface area (Å²) in [5, 5.41) is 0. The van der Waals surface area contributed by atoms with Crippen molar-refractivity contribution in [3.8, 4) is 0 Å². The maximum Gasteiger partial charge on any atom is 0.254 e. The molecule has 0 unspecified atom stereocenters. The molecule has 1 fully saturated rings. The van der Waals surface area contributed by atoms with Gasteiger partial charge in [0.2, 0.25) is 5.91 Å². The van der Waals surface area contributed by atoms with E-state index in [0.717, 1.165) is 23.4 Å². The number of carbonyl (C=O) groups excluding carboxylic acids is 2. The van der Waals surface area contributed by atoms with Gasteiger partial charge in [-0.25, -0.2) is 8.78 Å². The van der Waals surface area contributed by atoms with Crippen LogP contribution in [0.4, 0.5) is 14.5 Å². The lowest BCUT2D eigenvalue weighted by molar-refractivity contribution is -0.120. The van der Waals surface area contributed by atoms with E-state index in [1.807, 2.05) is 31.2 Å². The topological polar surface area (TPSA) is 40.6 Å². The summed E-state index contributed by atoms with van der Waals surface area (Å²) < 4.78 is 26.3. The summed E-state index contributed by atoms with van der Waals surface area (Å²) in [7, 11) is 0. The van der Waals surface area contributed by atoms with Crippen LogP contribution < -0.4 is 4.90 Å². The largest absolute Gasteiger partial charge is 0.328 e. The Balaban J connectivity index is 1.72. The molecule has 0 saturated carbocycles. The third-order valence-corrected chi connectivity index (χ3v) is 4.02. The van der Waals surface area contributed by atoms with Gasteiger partial charge >= 0.3 is 0 Å². The number of hydrogen-bond acceptors (Lipinski definition) is 2. The molecule has 0 N–H and O–H groups in total. The second kappa shape index (κ2) is 6.39. The molecule has 1 heterocycles. The van der Waals surface area contributed by atoms with Gasteiger partial charge < -0.3 is 9.80 Å². The van der Waals surface area contributed by atoms with E-state index in [9.17, 15) is 18.4 Å². The van der Waals surface area contributed by atoms with E-state index in [4.69, 9.17) is 0 Å². The van der Waals surface area contributed by atoms with Crippen LogP contribution in [0.2, 0.25) is 0 Å². The molecule has 0 atom stereocenters. The first-order chi connectivity index (χ1) is 11.5. The molecule has 2 aromatic carbocycles. The summed E-state index contributed by atoms with van der Waals surface area (Å²) in [6, 6.07) is 10.5. The molecule has 2 amide bonds. The summed E-state index contributed by atoms with van der Waals surface area (Å²) in [5.41, 5.74) is 1.91. The highest BCUT2D eigenvalue weighted by molar-refractivity contribution is 6.01. The summed E-state index contributed by atoms with van der Waals surface area (Å²) in [4.78, 5) is 27.7. The van der Waals surface area contributed by atoms with Gasteiger partial charge in [0, 0.05) is 24.3 Å². The first kappa shape index (κ1) is 16.1. The minimum atomic E-state index is -1.08. The average molecular weight is 330 g/mol. The number of aryl methyl sites for hydroxylation is 1. The zero-order chi connectivity index (χ0) is 17.3. The molecule has 3 rings (SSSR count). The zero-order valence-corrected chi connectivity index (χ0v) is 13.1. The summed E-state index contributed by atoms with van der Waals surface area (Å²) in [5.74, 6) is -2.77. The Kier molecular flexibility index (Phi) is 4.29. The lowest BCUT2D eigenvalue weighted by Crippen LogP contribution is -2.52. The molecule has 0 aromatic heterocycles. The predicted octanol–water partition coefficient (Wildman–Crippen LogP) is 2.76. The van der Waals surface area contributed by atoms with Gasteiger partial charge in [-0.05, 0) is 37.3 Å². The number of amides is 2. The molecular formula is C18H16F2N2O2. The maximum atomic E-state index is 13.3. The molecule has 0 spiro atoms. The maximum absolute atomic E-state index is 13.3. The second-order valence-electron chi connectivity index (χ2n) is 5.74. The van der Waals surface area contributed by atoms with Gasteiger partial charge in [0.25, 0.3) is 5.91 Å². The van der Waals surface area contributed by atoms with Crippen molar-refractivity contribution in [1.82, 2.24) is 4.90 Å². The van der Waals surface area contributed by atoms with Crippen molar-refractivity contribution < 1.29 is 18.4 Å². The highest BCUT2D eigenvalue weighted by atomic mass is 19.2. The highest BCUT2D eigenvalue weighted by Crippen LogP contribution is 2.19. The van der Waals surface area contributed by atoms with Crippen LogP contribution in [0.25, 0.3) is 0 Å². The van der Waals surface area contributed by atoms with E-state index < -0.39 is 17.5 Å². The van der Waals surface area contributed by atoms with Gasteiger partial charge in [-0.1, -0.05) is 17.7 Å². The molecule has 0 aliphatic carbocycles. The molecular weight excluding hydrogens is 314 g/mol. The Labute approximate surface area is 138 Å². The van der Waals surface area contributed by atoms with Crippen molar-refractivity contribution in [2.45, 2.75) is 6.92 Å². The number of hydrogen-bond donors (Lipinski definition) is 0. The SMILES string of the molecule is Cc1ccc(N2CCN(C(=O)c3ccc(F)c(F)c3)CC2=O)cc1. The Morgan fingerprint density at radius 1 is 1.00 bits per heavy atom. The van der Waals surface area contributed by atoms with Crippen LogP contribution in [0, 0.1) is 18.6 Å². The van der Waals surface area contributed by atoms with Gasteiger partial charge in [-0.2, -0.15) is 0 Å². The van der Waals surface area contributed by atoms with E-state index >= 15 is 0 Å². The molecule has 124 valence electrons. The number of nitrogens with zero attached hydrogens (tertiary/aromatic N) is 2. The first-order valence-electron chi connectivity index (χ1n) is 7.57. The quantitative estimate of drug-likeness (QED) is 0.849. The van der Waals surface area contributed by atoms with Crippen LogP contribution in [-0.2, 0) is 4.79 Å². The average Bonchev–Trinajstić information content (AvgIpc) is 2.57. The molecule has 4 nitrogen and oxygen atoms in total. The standard InChI is InChI=1S/C18H16F2N2O2/c1-12-2-5-14(6-3-12)22-9-8-21(11-17(22)23)18(24)13-4-7-15(19)16(20)10-13/h2-7,10H,8-9,11H2,1H3. The van der Waals surface area contributed by atoms with Crippen molar-refractivity contribution in [2.24, 2.45) is 0 Å². The monoisotopic (exact) mass is 330 g/mol. The number of anilines is 1. The predicted molar refractivity (Wildman–Crippen MR) is 85.8 cm³/mol. The third kappa shape index (κ3) is 3.13. The fraction of sp³-hybridized carbons (Fsp3) is 0.222. The molecule has 1 aliphatic rings. The third-order valence-electron chi connectivity index (χ3n) is 4.02. The van der Waals surface area contributed by atoms with Gasteiger partial charge in [0.15, 0.2) is 11.6 Å². The van der Waals surface area contributed by atoms with Crippen LogP contribution >= 0.6 is 0 Å². The number of rotatable bonds is 2. The van der Waals surface area contributed by atoms with Gasteiger partial charge in [0.1, 0.15) is 6.54 Å². The number of piperazine rings is 1. The minimum Gasteiger partial charge on any atom is -0.328 e. The van der Waals surface area contributed by atoms with Gasteiger partial charge in [-0.15, -0.1) is 0 Å². The Morgan fingerprint density at radius 2 is 1.71 bits per heavy atom. The molecule has 1 aliphatic heterocycles. The number of halogens is 2. The van der Waals surface area contributed by atoms with Crippen LogP contribution in [0.15, 0.2) is 42.5 Å². The van der Waals surface area contributed by atoms with E-state index in [1.165, 1.54) is 11.0 Å². The molecule has 6 heteroatoms. The number of benzene rings is 2. The van der Waals surface area contributed by atoms with Crippen LogP contribution in [0.3, 0.4) is 0 Å². The summed E-state index contributed by atoms with van der Waals surface area (Å²) in [6.07, 6.45) is 0. The Bertz CT molecular complexity index is 790. The lowest BCUT2D eigenvalue weighted by atomic mass is 10.1. The van der Waals surface area contributed by atoms with Crippen molar-refractivity contribution in [2.75, 3.05) is 24.5 Å².